The SMILES string of the molecule is COCCC(=O)c1c(-c2ccccc2)cc(C(=O)C(F)(F)F)c(N)c1S(=O)(=O)Cl. The summed E-state index contributed by atoms with van der Waals surface area (Å²) in [6.07, 6.45) is -5.61. The van der Waals surface area contributed by atoms with Crippen molar-refractivity contribution in [2.75, 3.05) is 19.5 Å². The predicted octanol–water partition coefficient (Wildman–Crippen LogP) is 3.83. The van der Waals surface area contributed by atoms with Gasteiger partial charge in [0.15, 0.2) is 5.78 Å². The summed E-state index contributed by atoms with van der Waals surface area (Å²) in [5.74, 6) is -3.13. The molecule has 2 aromatic rings. The van der Waals surface area contributed by atoms with Crippen molar-refractivity contribution in [1.82, 2.24) is 0 Å². The van der Waals surface area contributed by atoms with Gasteiger partial charge in [-0.25, -0.2) is 8.42 Å². The van der Waals surface area contributed by atoms with Crippen molar-refractivity contribution in [1.29, 1.82) is 0 Å². The van der Waals surface area contributed by atoms with Crippen molar-refractivity contribution in [3.8, 4) is 11.1 Å². The van der Waals surface area contributed by atoms with Crippen LogP contribution in [0.2, 0.25) is 0 Å². The van der Waals surface area contributed by atoms with Crippen molar-refractivity contribution in [3.63, 3.8) is 0 Å². The van der Waals surface area contributed by atoms with Crippen LogP contribution in [0.3, 0.4) is 0 Å². The first kappa shape index (κ1) is 22.9. The molecule has 0 fully saturated rings. The number of nitrogen functional groups attached to an aromatic ring is 1. The highest BCUT2D eigenvalue weighted by Gasteiger charge is 2.42. The van der Waals surface area contributed by atoms with Crippen LogP contribution in [0.1, 0.15) is 27.1 Å². The van der Waals surface area contributed by atoms with Crippen LogP contribution >= 0.6 is 10.7 Å². The molecule has 0 atom stereocenters. The summed E-state index contributed by atoms with van der Waals surface area (Å²) in [5, 5.41) is 0. The molecular weight excluding hydrogens is 435 g/mol. The maximum atomic E-state index is 13.0. The van der Waals surface area contributed by atoms with E-state index in [0.717, 1.165) is 6.07 Å². The number of ketones is 2. The summed E-state index contributed by atoms with van der Waals surface area (Å²) < 4.78 is 68.2. The van der Waals surface area contributed by atoms with E-state index in [1.807, 2.05) is 0 Å². The lowest BCUT2D eigenvalue weighted by molar-refractivity contribution is -0.0884. The fourth-order valence-corrected chi connectivity index (χ4v) is 4.03. The van der Waals surface area contributed by atoms with E-state index in [2.05, 4.69) is 0 Å². The van der Waals surface area contributed by atoms with Crippen LogP contribution in [-0.2, 0) is 13.8 Å². The number of carbonyl (C=O) groups is 2. The molecule has 0 aliphatic carbocycles. The highest BCUT2D eigenvalue weighted by atomic mass is 35.7. The zero-order valence-electron chi connectivity index (χ0n) is 14.9. The molecule has 0 bridgehead atoms. The normalized spacial score (nSPS) is 12.0. The topological polar surface area (TPSA) is 104 Å². The molecule has 11 heteroatoms. The lowest BCUT2D eigenvalue weighted by Gasteiger charge is -2.18. The molecule has 0 saturated carbocycles. The van der Waals surface area contributed by atoms with E-state index in [9.17, 15) is 31.2 Å². The second-order valence-corrected chi connectivity index (χ2v) is 8.39. The molecule has 0 heterocycles. The fraction of sp³-hybridized carbons (Fsp3) is 0.222. The monoisotopic (exact) mass is 449 g/mol. The maximum Gasteiger partial charge on any atom is 0.454 e. The average molecular weight is 450 g/mol. The Balaban J connectivity index is 2.99. The number of hydrogen-bond donors (Lipinski definition) is 1. The molecule has 0 aliphatic rings. The summed E-state index contributed by atoms with van der Waals surface area (Å²) in [6.45, 7) is -0.0853. The molecule has 0 aromatic heterocycles. The standard InChI is InChI=1S/C18H15ClF3NO5S/c1-28-8-7-13(24)14-11(10-5-3-2-4-6-10)9-12(17(25)18(20,21)22)15(23)16(14)29(19,26)27/h2-6,9H,7-8,23H2,1H3. The third kappa shape index (κ3) is 4.95. The molecule has 29 heavy (non-hydrogen) atoms. The van der Waals surface area contributed by atoms with Gasteiger partial charge in [-0.3, -0.25) is 9.59 Å². The molecule has 0 saturated heterocycles. The Hall–Kier alpha value is -2.43. The van der Waals surface area contributed by atoms with E-state index >= 15 is 0 Å². The summed E-state index contributed by atoms with van der Waals surface area (Å²) in [4.78, 5) is 23.6. The number of carbonyl (C=O) groups excluding carboxylic acids is 2. The Morgan fingerprint density at radius 2 is 1.76 bits per heavy atom. The number of ether oxygens (including phenoxy) is 1. The Kier molecular flexibility index (Phi) is 6.71. The van der Waals surface area contributed by atoms with Gasteiger partial charge in [0.25, 0.3) is 14.8 Å². The van der Waals surface area contributed by atoms with Gasteiger partial charge in [-0.15, -0.1) is 0 Å². The number of benzene rings is 2. The maximum absolute atomic E-state index is 13.0. The van der Waals surface area contributed by atoms with Gasteiger partial charge >= 0.3 is 6.18 Å². The minimum atomic E-state index is -5.32. The molecule has 0 spiro atoms. The van der Waals surface area contributed by atoms with E-state index in [1.54, 1.807) is 6.07 Å². The van der Waals surface area contributed by atoms with Crippen molar-refractivity contribution in [2.45, 2.75) is 17.5 Å². The van der Waals surface area contributed by atoms with Crippen molar-refractivity contribution in [3.05, 3.63) is 47.5 Å². The number of hydrogen-bond acceptors (Lipinski definition) is 6. The summed E-state index contributed by atoms with van der Waals surface area (Å²) in [7, 11) is 1.92. The Morgan fingerprint density at radius 1 is 1.17 bits per heavy atom. The van der Waals surface area contributed by atoms with E-state index in [-0.39, 0.29) is 24.2 Å². The van der Waals surface area contributed by atoms with Gasteiger partial charge in [-0.1, -0.05) is 30.3 Å². The molecule has 0 aliphatic heterocycles. The number of alkyl halides is 3. The van der Waals surface area contributed by atoms with Crippen LogP contribution in [0, 0.1) is 0 Å². The molecule has 6 nitrogen and oxygen atoms in total. The molecule has 0 amide bonds. The van der Waals surface area contributed by atoms with Crippen LogP contribution < -0.4 is 5.73 Å². The molecule has 156 valence electrons. The van der Waals surface area contributed by atoms with E-state index < -0.39 is 48.5 Å². The molecule has 0 radical (unpaired) electrons. The fourth-order valence-electron chi connectivity index (χ4n) is 2.71. The minimum absolute atomic E-state index is 0.0853. The van der Waals surface area contributed by atoms with Crippen LogP contribution in [0.15, 0.2) is 41.3 Å². The quantitative estimate of drug-likeness (QED) is 0.391. The first-order chi connectivity index (χ1) is 13.4. The lowest BCUT2D eigenvalue weighted by atomic mass is 9.91. The predicted molar refractivity (Wildman–Crippen MR) is 101 cm³/mol. The van der Waals surface area contributed by atoms with Crippen LogP contribution in [0.4, 0.5) is 18.9 Å². The van der Waals surface area contributed by atoms with E-state index in [0.29, 0.717) is 0 Å². The number of anilines is 1. The van der Waals surface area contributed by atoms with Crippen molar-refractivity contribution in [2.24, 2.45) is 0 Å². The Bertz CT molecular complexity index is 1050. The Labute approximate surface area is 168 Å². The van der Waals surface area contributed by atoms with Gasteiger partial charge < -0.3 is 10.5 Å². The van der Waals surface area contributed by atoms with Crippen LogP contribution in [-0.4, -0.2) is 39.9 Å². The van der Waals surface area contributed by atoms with Gasteiger partial charge in [-0.05, 0) is 17.2 Å². The first-order valence-electron chi connectivity index (χ1n) is 7.99. The lowest BCUT2D eigenvalue weighted by Crippen LogP contribution is -2.25. The Morgan fingerprint density at radius 3 is 2.24 bits per heavy atom. The summed E-state index contributed by atoms with van der Waals surface area (Å²) >= 11 is 0. The number of methoxy groups -OCH3 is 1. The van der Waals surface area contributed by atoms with Gasteiger partial charge in [0, 0.05) is 29.8 Å². The summed E-state index contributed by atoms with van der Waals surface area (Å²) in [5.41, 5.74) is 2.95. The van der Waals surface area contributed by atoms with Gasteiger partial charge in [0.05, 0.1) is 17.9 Å². The van der Waals surface area contributed by atoms with Gasteiger partial charge in [-0.2, -0.15) is 13.2 Å². The number of rotatable bonds is 7. The van der Waals surface area contributed by atoms with Crippen LogP contribution in [0.25, 0.3) is 11.1 Å². The first-order valence-corrected chi connectivity index (χ1v) is 10.3. The molecule has 2 aromatic carbocycles. The van der Waals surface area contributed by atoms with Gasteiger partial charge in [0.2, 0.25) is 0 Å². The minimum Gasteiger partial charge on any atom is -0.397 e. The number of Topliss-reactive ketones (excluding diaryl/α,β-unsaturated/α-hetero) is 2. The zero-order chi connectivity index (χ0) is 22.0. The van der Waals surface area contributed by atoms with E-state index in [4.69, 9.17) is 21.2 Å². The molecule has 0 unspecified atom stereocenters. The molecular formula is C18H15ClF3NO5S. The van der Waals surface area contributed by atoms with Gasteiger partial charge in [0.1, 0.15) is 4.90 Å². The number of halogens is 4. The van der Waals surface area contributed by atoms with E-state index in [1.165, 1.54) is 31.4 Å². The molecule has 2 N–H and O–H groups in total. The third-order valence-electron chi connectivity index (χ3n) is 3.96. The summed E-state index contributed by atoms with van der Waals surface area (Å²) in [6, 6.07) is 8.28. The van der Waals surface area contributed by atoms with Crippen molar-refractivity contribution >= 4 is 37.0 Å². The molecule has 2 rings (SSSR count). The van der Waals surface area contributed by atoms with Crippen LogP contribution in [0.5, 0.6) is 0 Å². The third-order valence-corrected chi connectivity index (χ3v) is 5.34. The smallest absolute Gasteiger partial charge is 0.397 e. The average Bonchev–Trinajstić information content (AvgIpc) is 2.64. The zero-order valence-corrected chi connectivity index (χ0v) is 16.5. The second kappa shape index (κ2) is 8.52. The highest BCUT2D eigenvalue weighted by molar-refractivity contribution is 8.14. The number of nitrogens with two attached hydrogens (primary N) is 1. The van der Waals surface area contributed by atoms with Crippen molar-refractivity contribution < 1.29 is 35.9 Å². The largest absolute Gasteiger partial charge is 0.454 e. The second-order valence-electron chi connectivity index (χ2n) is 5.89. The highest BCUT2D eigenvalue weighted by Crippen LogP contribution is 2.39.